The average Bonchev–Trinajstić information content (AvgIpc) is 2.81. The van der Waals surface area contributed by atoms with E-state index in [1.807, 2.05) is 69.4 Å². The van der Waals surface area contributed by atoms with Gasteiger partial charge in [0.05, 0.1) is 0 Å². The second-order valence-corrected chi connectivity index (χ2v) is 8.02. The first-order valence-corrected chi connectivity index (χ1v) is 11.2. The second-order valence-electron chi connectivity index (χ2n) is 8.02. The monoisotopic (exact) mass is 550 g/mol. The summed E-state index contributed by atoms with van der Waals surface area (Å²) in [5.74, 6) is 1.90. The van der Waals surface area contributed by atoms with Crippen molar-refractivity contribution in [1.82, 2.24) is 10.2 Å². The average molecular weight is 550 g/mol. The first-order valence-electron chi connectivity index (χ1n) is 11.2. The van der Waals surface area contributed by atoms with Crippen LogP contribution in [0.15, 0.2) is 59.6 Å². The highest BCUT2D eigenvalue weighted by Crippen LogP contribution is 2.19. The van der Waals surface area contributed by atoms with Crippen LogP contribution < -0.4 is 15.4 Å². The van der Waals surface area contributed by atoms with Crippen LogP contribution in [0.4, 0.5) is 5.69 Å². The van der Waals surface area contributed by atoms with Gasteiger partial charge in [-0.05, 0) is 36.2 Å². The van der Waals surface area contributed by atoms with Crippen LogP contribution in [0.1, 0.15) is 38.7 Å². The summed E-state index contributed by atoms with van der Waals surface area (Å²) in [6.45, 7) is 6.43. The van der Waals surface area contributed by atoms with Gasteiger partial charge in [0.1, 0.15) is 11.9 Å². The Morgan fingerprint density at radius 3 is 2.53 bits per heavy atom. The normalized spacial score (nSPS) is 15.5. The molecule has 0 bridgehead atoms. The maximum atomic E-state index is 12.2. The minimum atomic E-state index is 0. The number of hydrogen-bond donors (Lipinski definition) is 2. The van der Waals surface area contributed by atoms with E-state index in [-0.39, 0.29) is 41.9 Å². The van der Waals surface area contributed by atoms with E-state index in [9.17, 15) is 4.79 Å². The zero-order valence-electron chi connectivity index (χ0n) is 19.2. The van der Waals surface area contributed by atoms with E-state index < -0.39 is 0 Å². The van der Waals surface area contributed by atoms with Gasteiger partial charge in [0.25, 0.3) is 0 Å². The number of carbonyl (C=O) groups is 1. The fourth-order valence-electron chi connectivity index (χ4n) is 3.60. The van der Waals surface area contributed by atoms with Gasteiger partial charge in [0.2, 0.25) is 5.91 Å². The van der Waals surface area contributed by atoms with Crippen molar-refractivity contribution in [2.24, 2.45) is 10.9 Å². The van der Waals surface area contributed by atoms with E-state index in [4.69, 9.17) is 4.74 Å². The molecule has 2 aromatic rings. The third-order valence-corrected chi connectivity index (χ3v) is 5.70. The number of likely N-dealkylation sites (tertiary alicyclic amines) is 1. The number of benzene rings is 2. The molecule has 0 radical (unpaired) electrons. The summed E-state index contributed by atoms with van der Waals surface area (Å²) in [7, 11) is 1.82. The third kappa shape index (κ3) is 7.69. The molecule has 0 saturated carbocycles. The standard InChI is InChI=1S/C25H34N4O2.HI/c1-4-19(2)24(30)28-21-10-8-9-20(17-21)18-27-25(26-3)29-15-13-23(14-16-29)31-22-11-6-5-7-12-22;/h5-12,17,19,23H,4,13-16,18H2,1-3H3,(H,26,27)(H,28,30);1H. The van der Waals surface area contributed by atoms with Crippen molar-refractivity contribution < 1.29 is 9.53 Å². The lowest BCUT2D eigenvalue weighted by molar-refractivity contribution is -0.119. The van der Waals surface area contributed by atoms with Crippen molar-refractivity contribution in [2.45, 2.75) is 45.8 Å². The molecule has 174 valence electrons. The number of hydrogen-bond acceptors (Lipinski definition) is 3. The predicted molar refractivity (Wildman–Crippen MR) is 142 cm³/mol. The van der Waals surface area contributed by atoms with Crippen molar-refractivity contribution >= 4 is 41.5 Å². The molecule has 1 amide bonds. The van der Waals surface area contributed by atoms with Crippen molar-refractivity contribution in [1.29, 1.82) is 0 Å². The summed E-state index contributed by atoms with van der Waals surface area (Å²) in [6, 6.07) is 18.0. The number of para-hydroxylation sites is 1. The molecular formula is C25H35IN4O2. The molecule has 0 aromatic heterocycles. The molecule has 2 N–H and O–H groups in total. The summed E-state index contributed by atoms with van der Waals surface area (Å²) < 4.78 is 6.09. The number of piperidine rings is 1. The van der Waals surface area contributed by atoms with Gasteiger partial charge in [-0.3, -0.25) is 9.79 Å². The van der Waals surface area contributed by atoms with E-state index in [0.29, 0.717) is 6.54 Å². The topological polar surface area (TPSA) is 66.0 Å². The fraction of sp³-hybridized carbons (Fsp3) is 0.440. The Bertz CT molecular complexity index is 867. The van der Waals surface area contributed by atoms with Gasteiger partial charge in [-0.2, -0.15) is 0 Å². The largest absolute Gasteiger partial charge is 0.490 e. The molecule has 1 aliphatic heterocycles. The van der Waals surface area contributed by atoms with Gasteiger partial charge >= 0.3 is 0 Å². The number of halogens is 1. The van der Waals surface area contributed by atoms with Crippen LogP contribution in [0.25, 0.3) is 0 Å². The van der Waals surface area contributed by atoms with Crippen LogP contribution in [0, 0.1) is 5.92 Å². The molecule has 3 rings (SSSR count). The maximum absolute atomic E-state index is 12.2. The Morgan fingerprint density at radius 2 is 1.88 bits per heavy atom. The highest BCUT2D eigenvalue weighted by Gasteiger charge is 2.22. The fourth-order valence-corrected chi connectivity index (χ4v) is 3.60. The minimum Gasteiger partial charge on any atom is -0.490 e. The molecule has 1 saturated heterocycles. The van der Waals surface area contributed by atoms with Crippen molar-refractivity contribution in [2.75, 3.05) is 25.5 Å². The Labute approximate surface area is 208 Å². The second kappa shape index (κ2) is 13.3. The molecule has 1 fully saturated rings. The lowest BCUT2D eigenvalue weighted by atomic mass is 10.1. The van der Waals surface area contributed by atoms with E-state index in [1.54, 1.807) is 0 Å². The number of guanidine groups is 1. The Balaban J connectivity index is 0.00000363. The SMILES string of the molecule is CCC(C)C(=O)Nc1cccc(CNC(=NC)N2CCC(Oc3ccccc3)CC2)c1.I. The first kappa shape index (κ1) is 26.0. The zero-order chi connectivity index (χ0) is 22.1. The highest BCUT2D eigenvalue weighted by molar-refractivity contribution is 14.0. The number of anilines is 1. The quantitative estimate of drug-likeness (QED) is 0.292. The summed E-state index contributed by atoms with van der Waals surface area (Å²) in [4.78, 5) is 18.9. The number of rotatable bonds is 7. The molecule has 32 heavy (non-hydrogen) atoms. The minimum absolute atomic E-state index is 0. The molecule has 0 spiro atoms. The summed E-state index contributed by atoms with van der Waals surface area (Å²) in [6.07, 6.45) is 3.00. The number of amides is 1. The molecule has 0 aliphatic carbocycles. The molecule has 6 nitrogen and oxygen atoms in total. The number of nitrogens with zero attached hydrogens (tertiary/aromatic N) is 2. The summed E-state index contributed by atoms with van der Waals surface area (Å²) in [5, 5.41) is 6.46. The van der Waals surface area contributed by atoms with Crippen molar-refractivity contribution in [3.8, 4) is 5.75 Å². The molecule has 2 aromatic carbocycles. The van der Waals surface area contributed by atoms with Gasteiger partial charge < -0.3 is 20.3 Å². The first-order chi connectivity index (χ1) is 15.1. The van der Waals surface area contributed by atoms with E-state index >= 15 is 0 Å². The highest BCUT2D eigenvalue weighted by atomic mass is 127. The van der Waals surface area contributed by atoms with Gasteiger partial charge in [-0.25, -0.2) is 0 Å². The lowest BCUT2D eigenvalue weighted by Crippen LogP contribution is -2.47. The van der Waals surface area contributed by atoms with Gasteiger partial charge in [0, 0.05) is 51.1 Å². The Morgan fingerprint density at radius 1 is 1.16 bits per heavy atom. The van der Waals surface area contributed by atoms with Crippen molar-refractivity contribution in [3.63, 3.8) is 0 Å². The van der Waals surface area contributed by atoms with Gasteiger partial charge in [-0.1, -0.05) is 44.2 Å². The zero-order valence-corrected chi connectivity index (χ0v) is 21.5. The van der Waals surface area contributed by atoms with Crippen LogP contribution in [0.3, 0.4) is 0 Å². The summed E-state index contributed by atoms with van der Waals surface area (Å²) >= 11 is 0. The molecule has 1 unspecified atom stereocenters. The molecule has 1 heterocycles. The molecule has 1 aliphatic rings. The van der Waals surface area contributed by atoms with Crippen LogP contribution in [-0.2, 0) is 11.3 Å². The van der Waals surface area contributed by atoms with Crippen LogP contribution in [-0.4, -0.2) is 43.0 Å². The Hall–Kier alpha value is -2.29. The number of carbonyl (C=O) groups excluding carboxylic acids is 1. The van der Waals surface area contributed by atoms with Crippen LogP contribution in [0.5, 0.6) is 5.75 Å². The number of ether oxygens (including phenoxy) is 1. The van der Waals surface area contributed by atoms with Gasteiger partial charge in [0.15, 0.2) is 5.96 Å². The third-order valence-electron chi connectivity index (χ3n) is 5.70. The Kier molecular flexibility index (Phi) is 10.8. The molecule has 7 heteroatoms. The van der Waals surface area contributed by atoms with E-state index in [0.717, 1.165) is 55.3 Å². The predicted octanol–water partition coefficient (Wildman–Crippen LogP) is 4.91. The molecule has 1 atom stereocenters. The van der Waals surface area contributed by atoms with Gasteiger partial charge in [-0.15, -0.1) is 24.0 Å². The number of nitrogens with one attached hydrogen (secondary N) is 2. The van der Waals surface area contributed by atoms with Crippen LogP contribution >= 0.6 is 24.0 Å². The smallest absolute Gasteiger partial charge is 0.227 e. The van der Waals surface area contributed by atoms with Crippen LogP contribution in [0.2, 0.25) is 0 Å². The van der Waals surface area contributed by atoms with E-state index in [1.165, 1.54) is 0 Å². The maximum Gasteiger partial charge on any atom is 0.227 e. The van der Waals surface area contributed by atoms with E-state index in [2.05, 4.69) is 26.6 Å². The molecular weight excluding hydrogens is 515 g/mol. The van der Waals surface area contributed by atoms with Crippen molar-refractivity contribution in [3.05, 3.63) is 60.2 Å². The lowest BCUT2D eigenvalue weighted by Gasteiger charge is -2.34. The summed E-state index contributed by atoms with van der Waals surface area (Å²) in [5.41, 5.74) is 1.93. The number of aliphatic imine (C=N–C) groups is 1.